The average molecular weight is 561 g/mol. The summed E-state index contributed by atoms with van der Waals surface area (Å²) in [5.74, 6) is 1.71. The van der Waals surface area contributed by atoms with Gasteiger partial charge in [0.15, 0.2) is 0 Å². The van der Waals surface area contributed by atoms with Crippen molar-refractivity contribution in [2.24, 2.45) is 0 Å². The number of benzene rings is 5. The molecule has 1 atom stereocenters. The maximum absolute atomic E-state index is 13.6. The second-order valence-corrected chi connectivity index (χ2v) is 10.2. The number of amides is 2. The zero-order chi connectivity index (χ0) is 28.4. The van der Waals surface area contributed by atoms with Crippen molar-refractivity contribution in [3.63, 3.8) is 0 Å². The molecule has 6 nitrogen and oxygen atoms in total. The first-order valence-electron chi connectivity index (χ1n) is 13.0. The maximum atomic E-state index is 13.6. The number of rotatable bonds is 10. The van der Waals surface area contributed by atoms with Gasteiger partial charge in [-0.1, -0.05) is 54.6 Å². The van der Waals surface area contributed by atoms with Gasteiger partial charge in [-0.15, -0.1) is 11.8 Å². The topological polar surface area (TPSA) is 76.7 Å². The monoisotopic (exact) mass is 560 g/mol. The number of methoxy groups -OCH3 is 1. The van der Waals surface area contributed by atoms with E-state index in [1.807, 2.05) is 109 Å². The molecular formula is C34H28N2O4S. The Morgan fingerprint density at radius 1 is 0.634 bits per heavy atom. The third-order valence-electron chi connectivity index (χ3n) is 6.14. The van der Waals surface area contributed by atoms with Crippen LogP contribution in [0.5, 0.6) is 17.2 Å². The van der Waals surface area contributed by atoms with Gasteiger partial charge in [-0.2, -0.15) is 0 Å². The molecule has 7 heteroatoms. The number of hydrogen-bond acceptors (Lipinski definition) is 5. The van der Waals surface area contributed by atoms with Crippen molar-refractivity contribution in [2.45, 2.75) is 10.1 Å². The predicted octanol–water partition coefficient (Wildman–Crippen LogP) is 8.21. The largest absolute Gasteiger partial charge is 0.497 e. The van der Waals surface area contributed by atoms with Crippen LogP contribution in [0.15, 0.2) is 138 Å². The van der Waals surface area contributed by atoms with Crippen molar-refractivity contribution in [1.82, 2.24) is 0 Å². The molecule has 0 saturated carbocycles. The number of ether oxygens (including phenoxy) is 2. The van der Waals surface area contributed by atoms with E-state index in [0.717, 1.165) is 16.2 Å². The average Bonchev–Trinajstić information content (AvgIpc) is 3.02. The fourth-order valence-electron chi connectivity index (χ4n) is 4.07. The Labute approximate surface area is 243 Å². The van der Waals surface area contributed by atoms with Gasteiger partial charge in [0, 0.05) is 21.8 Å². The zero-order valence-corrected chi connectivity index (χ0v) is 23.1. The molecule has 1 unspecified atom stereocenters. The number of para-hydroxylation sites is 1. The normalized spacial score (nSPS) is 11.2. The standard InChI is InChI=1S/C34H28N2O4S/c1-39-28-19-15-25(16-20-28)33(37)36-27-11-8-14-31(23-27)41-32(24-9-4-2-5-10-24)34(38)35-26-17-21-30(22-18-26)40-29-12-6-3-7-13-29/h2-23,32H,1H3,(H,35,38)(H,36,37). The molecule has 0 saturated heterocycles. The highest BCUT2D eigenvalue weighted by Crippen LogP contribution is 2.37. The fraction of sp³-hybridized carbons (Fsp3) is 0.0588. The number of nitrogens with one attached hydrogen (secondary N) is 2. The third-order valence-corrected chi connectivity index (χ3v) is 7.39. The van der Waals surface area contributed by atoms with Crippen LogP contribution in [-0.4, -0.2) is 18.9 Å². The fourth-order valence-corrected chi connectivity index (χ4v) is 5.15. The van der Waals surface area contributed by atoms with E-state index in [4.69, 9.17) is 9.47 Å². The summed E-state index contributed by atoms with van der Waals surface area (Å²) in [5, 5.41) is 5.45. The van der Waals surface area contributed by atoms with Crippen LogP contribution < -0.4 is 20.1 Å². The number of thioether (sulfide) groups is 1. The van der Waals surface area contributed by atoms with Gasteiger partial charge in [0.05, 0.1) is 7.11 Å². The minimum Gasteiger partial charge on any atom is -0.497 e. The first-order valence-corrected chi connectivity index (χ1v) is 13.9. The summed E-state index contributed by atoms with van der Waals surface area (Å²) in [6, 6.07) is 40.8. The third kappa shape index (κ3) is 7.56. The van der Waals surface area contributed by atoms with Crippen molar-refractivity contribution in [3.8, 4) is 17.2 Å². The molecule has 0 aliphatic rings. The summed E-state index contributed by atoms with van der Waals surface area (Å²) < 4.78 is 11.0. The Kier molecular flexibility index (Phi) is 8.98. The summed E-state index contributed by atoms with van der Waals surface area (Å²) in [4.78, 5) is 27.2. The molecule has 0 heterocycles. The quantitative estimate of drug-likeness (QED) is 0.168. The van der Waals surface area contributed by atoms with Crippen LogP contribution in [-0.2, 0) is 4.79 Å². The molecule has 0 aliphatic carbocycles. The molecule has 0 bridgehead atoms. The molecule has 0 radical (unpaired) electrons. The zero-order valence-electron chi connectivity index (χ0n) is 22.3. The SMILES string of the molecule is COc1ccc(C(=O)Nc2cccc(SC(C(=O)Nc3ccc(Oc4ccccc4)cc3)c3ccccc3)c2)cc1. The molecule has 0 spiro atoms. The van der Waals surface area contributed by atoms with E-state index in [1.54, 1.807) is 31.4 Å². The second-order valence-electron chi connectivity index (χ2n) is 9.05. The smallest absolute Gasteiger partial charge is 0.255 e. The van der Waals surface area contributed by atoms with Crippen LogP contribution in [0.4, 0.5) is 11.4 Å². The van der Waals surface area contributed by atoms with E-state index in [9.17, 15) is 9.59 Å². The molecule has 2 N–H and O–H groups in total. The van der Waals surface area contributed by atoms with E-state index in [1.165, 1.54) is 11.8 Å². The summed E-state index contributed by atoms with van der Waals surface area (Å²) in [5.41, 5.74) is 2.69. The molecule has 2 amide bonds. The van der Waals surface area contributed by atoms with Crippen molar-refractivity contribution in [3.05, 3.63) is 145 Å². The molecule has 41 heavy (non-hydrogen) atoms. The lowest BCUT2D eigenvalue weighted by Gasteiger charge is -2.18. The highest BCUT2D eigenvalue weighted by atomic mass is 32.2. The molecule has 0 fully saturated rings. The minimum atomic E-state index is -0.524. The van der Waals surface area contributed by atoms with Crippen molar-refractivity contribution < 1.29 is 19.1 Å². The highest BCUT2D eigenvalue weighted by Gasteiger charge is 2.22. The molecule has 0 aliphatic heterocycles. The van der Waals surface area contributed by atoms with Crippen LogP contribution in [0.2, 0.25) is 0 Å². The van der Waals surface area contributed by atoms with Gasteiger partial charge in [-0.05, 0) is 84.4 Å². The van der Waals surface area contributed by atoms with E-state index in [2.05, 4.69) is 10.6 Å². The number of anilines is 2. The predicted molar refractivity (Wildman–Crippen MR) is 164 cm³/mol. The van der Waals surface area contributed by atoms with Gasteiger partial charge >= 0.3 is 0 Å². The molecule has 5 aromatic rings. The van der Waals surface area contributed by atoms with E-state index in [-0.39, 0.29) is 11.8 Å². The summed E-state index contributed by atoms with van der Waals surface area (Å²) in [6.45, 7) is 0. The number of carbonyl (C=O) groups excluding carboxylic acids is 2. The van der Waals surface area contributed by atoms with Gasteiger partial charge in [-0.3, -0.25) is 9.59 Å². The molecule has 0 aromatic heterocycles. The van der Waals surface area contributed by atoms with Crippen LogP contribution in [0.3, 0.4) is 0 Å². The van der Waals surface area contributed by atoms with E-state index >= 15 is 0 Å². The number of carbonyl (C=O) groups is 2. The van der Waals surface area contributed by atoms with Crippen LogP contribution in [0.1, 0.15) is 21.2 Å². The van der Waals surface area contributed by atoms with Crippen molar-refractivity contribution >= 4 is 35.0 Å². The van der Waals surface area contributed by atoms with Gasteiger partial charge in [-0.25, -0.2) is 0 Å². The van der Waals surface area contributed by atoms with Crippen LogP contribution >= 0.6 is 11.8 Å². The van der Waals surface area contributed by atoms with Crippen LogP contribution in [0, 0.1) is 0 Å². The Morgan fingerprint density at radius 2 is 1.27 bits per heavy atom. The van der Waals surface area contributed by atoms with Gasteiger partial charge in [0.1, 0.15) is 22.5 Å². The Morgan fingerprint density at radius 3 is 1.95 bits per heavy atom. The second kappa shape index (κ2) is 13.4. The molecule has 5 aromatic carbocycles. The Balaban J connectivity index is 1.29. The van der Waals surface area contributed by atoms with Crippen molar-refractivity contribution in [1.29, 1.82) is 0 Å². The first-order chi connectivity index (χ1) is 20.1. The lowest BCUT2D eigenvalue weighted by Crippen LogP contribution is -2.19. The molecule has 5 rings (SSSR count). The lowest BCUT2D eigenvalue weighted by molar-refractivity contribution is -0.115. The van der Waals surface area contributed by atoms with Gasteiger partial charge in [0.25, 0.3) is 5.91 Å². The molecule has 204 valence electrons. The summed E-state index contributed by atoms with van der Waals surface area (Å²) in [6.07, 6.45) is 0. The first kappa shape index (κ1) is 27.6. The lowest BCUT2D eigenvalue weighted by atomic mass is 10.1. The maximum Gasteiger partial charge on any atom is 0.255 e. The molecular weight excluding hydrogens is 532 g/mol. The Hall–Kier alpha value is -5.01. The van der Waals surface area contributed by atoms with Gasteiger partial charge < -0.3 is 20.1 Å². The van der Waals surface area contributed by atoms with Crippen molar-refractivity contribution in [2.75, 3.05) is 17.7 Å². The summed E-state index contributed by atoms with van der Waals surface area (Å²) in [7, 11) is 1.58. The minimum absolute atomic E-state index is 0.161. The highest BCUT2D eigenvalue weighted by molar-refractivity contribution is 8.00. The van der Waals surface area contributed by atoms with Crippen LogP contribution in [0.25, 0.3) is 0 Å². The summed E-state index contributed by atoms with van der Waals surface area (Å²) >= 11 is 1.41. The van der Waals surface area contributed by atoms with E-state index in [0.29, 0.717) is 28.4 Å². The number of hydrogen-bond donors (Lipinski definition) is 2. The van der Waals surface area contributed by atoms with Gasteiger partial charge in [0.2, 0.25) is 5.91 Å². The Bertz CT molecular complexity index is 1590. The van der Waals surface area contributed by atoms with E-state index < -0.39 is 5.25 Å².